The number of rotatable bonds is 2. The van der Waals surface area contributed by atoms with E-state index in [4.69, 9.17) is 0 Å². The fourth-order valence-corrected chi connectivity index (χ4v) is 2.25. The number of fused-ring (bicyclic) bond motifs is 1. The minimum absolute atomic E-state index is 0.0146. The van der Waals surface area contributed by atoms with E-state index in [0.717, 1.165) is 22.3 Å². The summed E-state index contributed by atoms with van der Waals surface area (Å²) in [6, 6.07) is 13.2. The zero-order valence-electron chi connectivity index (χ0n) is 11.4. The van der Waals surface area contributed by atoms with Crippen molar-refractivity contribution < 1.29 is 4.79 Å². The van der Waals surface area contributed by atoms with Gasteiger partial charge >= 0.3 is 0 Å². The highest BCUT2D eigenvalue weighted by Gasteiger charge is 2.14. The first-order valence-electron chi connectivity index (χ1n) is 6.49. The molecule has 3 aromatic rings. The number of hydrogen-bond acceptors (Lipinski definition) is 3. The second kappa shape index (κ2) is 4.85. The van der Waals surface area contributed by atoms with Crippen molar-refractivity contribution >= 4 is 16.7 Å². The predicted molar refractivity (Wildman–Crippen MR) is 78.9 cm³/mol. The SMILES string of the molecule is Cc1ccc(C(=O)c2cc(C)nc3ccccc23)cn1. The zero-order chi connectivity index (χ0) is 14.1. The molecule has 0 radical (unpaired) electrons. The van der Waals surface area contributed by atoms with Crippen LogP contribution in [0.5, 0.6) is 0 Å². The Balaban J connectivity index is 2.18. The molecular formula is C17H14N2O. The molecule has 0 bridgehead atoms. The van der Waals surface area contributed by atoms with Crippen LogP contribution >= 0.6 is 0 Å². The molecule has 0 spiro atoms. The Morgan fingerprint density at radius 2 is 1.80 bits per heavy atom. The molecule has 0 aliphatic heterocycles. The van der Waals surface area contributed by atoms with Gasteiger partial charge in [-0.25, -0.2) is 0 Å². The Bertz CT molecular complexity index is 792. The molecule has 0 saturated heterocycles. The quantitative estimate of drug-likeness (QED) is 0.664. The van der Waals surface area contributed by atoms with Gasteiger partial charge in [0.1, 0.15) is 0 Å². The largest absolute Gasteiger partial charge is 0.289 e. The standard InChI is InChI=1S/C17H14N2O/c1-11-7-8-13(10-18-11)17(20)15-9-12(2)19-16-6-4-3-5-14(15)16/h3-10H,1-2H3. The summed E-state index contributed by atoms with van der Waals surface area (Å²) in [5, 5.41) is 0.878. The van der Waals surface area contributed by atoms with Gasteiger partial charge in [-0.3, -0.25) is 14.8 Å². The molecule has 3 nitrogen and oxygen atoms in total. The van der Waals surface area contributed by atoms with Crippen LogP contribution in [0.1, 0.15) is 27.3 Å². The Hall–Kier alpha value is -2.55. The molecule has 0 amide bonds. The van der Waals surface area contributed by atoms with Gasteiger partial charge in [0.15, 0.2) is 5.78 Å². The maximum absolute atomic E-state index is 12.7. The van der Waals surface area contributed by atoms with Gasteiger partial charge in [0.25, 0.3) is 0 Å². The smallest absolute Gasteiger partial charge is 0.195 e. The van der Waals surface area contributed by atoms with E-state index in [-0.39, 0.29) is 5.78 Å². The molecule has 3 heteroatoms. The summed E-state index contributed by atoms with van der Waals surface area (Å²) in [5.74, 6) is -0.0146. The summed E-state index contributed by atoms with van der Waals surface area (Å²) in [4.78, 5) is 21.3. The van der Waals surface area contributed by atoms with Crippen molar-refractivity contribution in [3.05, 3.63) is 71.2 Å². The van der Waals surface area contributed by atoms with E-state index in [1.165, 1.54) is 0 Å². The van der Waals surface area contributed by atoms with Crippen LogP contribution in [0.25, 0.3) is 10.9 Å². The van der Waals surface area contributed by atoms with Crippen LogP contribution in [0.3, 0.4) is 0 Å². The number of para-hydroxylation sites is 1. The van der Waals surface area contributed by atoms with Gasteiger partial charge in [-0.05, 0) is 38.1 Å². The number of carbonyl (C=O) groups is 1. The van der Waals surface area contributed by atoms with E-state index in [2.05, 4.69) is 9.97 Å². The van der Waals surface area contributed by atoms with Crippen LogP contribution in [0.15, 0.2) is 48.7 Å². The number of aromatic nitrogens is 2. The lowest BCUT2D eigenvalue weighted by molar-refractivity contribution is 0.104. The summed E-state index contributed by atoms with van der Waals surface area (Å²) >= 11 is 0. The van der Waals surface area contributed by atoms with E-state index in [0.29, 0.717) is 11.1 Å². The van der Waals surface area contributed by atoms with Gasteiger partial charge in [0.05, 0.1) is 5.52 Å². The molecule has 0 unspecified atom stereocenters. The second-order valence-corrected chi connectivity index (χ2v) is 4.85. The van der Waals surface area contributed by atoms with E-state index in [1.54, 1.807) is 6.20 Å². The normalized spacial score (nSPS) is 10.7. The van der Waals surface area contributed by atoms with Crippen molar-refractivity contribution in [2.24, 2.45) is 0 Å². The highest BCUT2D eigenvalue weighted by atomic mass is 16.1. The van der Waals surface area contributed by atoms with Crippen molar-refractivity contribution in [1.29, 1.82) is 0 Å². The number of benzene rings is 1. The summed E-state index contributed by atoms with van der Waals surface area (Å²) in [6.45, 7) is 3.80. The van der Waals surface area contributed by atoms with E-state index in [9.17, 15) is 4.79 Å². The maximum Gasteiger partial charge on any atom is 0.195 e. The lowest BCUT2D eigenvalue weighted by Gasteiger charge is -2.07. The van der Waals surface area contributed by atoms with Gasteiger partial charge in [-0.1, -0.05) is 18.2 Å². The van der Waals surface area contributed by atoms with Crippen LogP contribution in [-0.4, -0.2) is 15.8 Å². The number of ketones is 1. The van der Waals surface area contributed by atoms with Crippen LogP contribution < -0.4 is 0 Å². The highest BCUT2D eigenvalue weighted by Crippen LogP contribution is 2.21. The molecule has 2 aromatic heterocycles. The van der Waals surface area contributed by atoms with Crippen LogP contribution in [0.2, 0.25) is 0 Å². The van der Waals surface area contributed by atoms with Crippen molar-refractivity contribution in [1.82, 2.24) is 9.97 Å². The number of hydrogen-bond donors (Lipinski definition) is 0. The Morgan fingerprint density at radius 1 is 1.00 bits per heavy atom. The van der Waals surface area contributed by atoms with Crippen LogP contribution in [-0.2, 0) is 0 Å². The minimum Gasteiger partial charge on any atom is -0.289 e. The van der Waals surface area contributed by atoms with Crippen molar-refractivity contribution in [3.8, 4) is 0 Å². The highest BCUT2D eigenvalue weighted by molar-refractivity contribution is 6.15. The lowest BCUT2D eigenvalue weighted by Crippen LogP contribution is -2.04. The third kappa shape index (κ3) is 2.18. The molecule has 0 N–H and O–H groups in total. The predicted octanol–water partition coefficient (Wildman–Crippen LogP) is 3.48. The molecule has 1 aromatic carbocycles. The first-order valence-corrected chi connectivity index (χ1v) is 6.49. The number of nitrogens with zero attached hydrogens (tertiary/aromatic N) is 2. The molecule has 0 fully saturated rings. The molecule has 0 aliphatic carbocycles. The fourth-order valence-electron chi connectivity index (χ4n) is 2.25. The zero-order valence-corrected chi connectivity index (χ0v) is 11.4. The Kier molecular flexibility index (Phi) is 3.03. The summed E-state index contributed by atoms with van der Waals surface area (Å²) < 4.78 is 0. The third-order valence-electron chi connectivity index (χ3n) is 3.26. The number of pyridine rings is 2. The molecule has 0 saturated carbocycles. The van der Waals surface area contributed by atoms with Crippen molar-refractivity contribution in [3.63, 3.8) is 0 Å². The summed E-state index contributed by atoms with van der Waals surface area (Å²) in [5.41, 5.74) is 3.87. The average molecular weight is 262 g/mol. The topological polar surface area (TPSA) is 42.9 Å². The monoisotopic (exact) mass is 262 g/mol. The first-order chi connectivity index (χ1) is 9.65. The van der Waals surface area contributed by atoms with Gasteiger partial charge in [-0.2, -0.15) is 0 Å². The van der Waals surface area contributed by atoms with Crippen molar-refractivity contribution in [2.75, 3.05) is 0 Å². The molecule has 0 aliphatic rings. The molecular weight excluding hydrogens is 248 g/mol. The van der Waals surface area contributed by atoms with Gasteiger partial charge < -0.3 is 0 Å². The lowest BCUT2D eigenvalue weighted by atomic mass is 10.00. The van der Waals surface area contributed by atoms with Gasteiger partial charge in [0, 0.05) is 34.1 Å². The molecule has 2 heterocycles. The fraction of sp³-hybridized carbons (Fsp3) is 0.118. The summed E-state index contributed by atoms with van der Waals surface area (Å²) in [7, 11) is 0. The third-order valence-corrected chi connectivity index (χ3v) is 3.26. The number of aryl methyl sites for hydroxylation is 2. The minimum atomic E-state index is -0.0146. The van der Waals surface area contributed by atoms with Crippen molar-refractivity contribution in [2.45, 2.75) is 13.8 Å². The Labute approximate surface area is 117 Å². The number of carbonyl (C=O) groups excluding carboxylic acids is 1. The van der Waals surface area contributed by atoms with Crippen LogP contribution in [0.4, 0.5) is 0 Å². The Morgan fingerprint density at radius 3 is 2.55 bits per heavy atom. The van der Waals surface area contributed by atoms with E-state index in [1.807, 2.05) is 56.3 Å². The second-order valence-electron chi connectivity index (χ2n) is 4.85. The molecule has 0 atom stereocenters. The average Bonchev–Trinajstić information content (AvgIpc) is 2.46. The van der Waals surface area contributed by atoms with E-state index >= 15 is 0 Å². The van der Waals surface area contributed by atoms with E-state index < -0.39 is 0 Å². The summed E-state index contributed by atoms with van der Waals surface area (Å²) in [6.07, 6.45) is 1.63. The van der Waals surface area contributed by atoms with Gasteiger partial charge in [-0.15, -0.1) is 0 Å². The molecule has 20 heavy (non-hydrogen) atoms. The first kappa shape index (κ1) is 12.5. The van der Waals surface area contributed by atoms with Gasteiger partial charge in [0.2, 0.25) is 0 Å². The maximum atomic E-state index is 12.7. The molecule has 3 rings (SSSR count). The molecule has 98 valence electrons. The van der Waals surface area contributed by atoms with Crippen LogP contribution in [0, 0.1) is 13.8 Å².